The first-order chi connectivity index (χ1) is 13.2. The molecular formula is C20H16Br2N2O4. The minimum absolute atomic E-state index is 0.136. The summed E-state index contributed by atoms with van der Waals surface area (Å²) in [5.41, 5.74) is 2.67. The van der Waals surface area contributed by atoms with Crippen LogP contribution in [0.1, 0.15) is 16.7 Å². The van der Waals surface area contributed by atoms with Gasteiger partial charge in [0.25, 0.3) is 11.8 Å². The lowest BCUT2D eigenvalue weighted by Crippen LogP contribution is -2.54. The molecule has 1 fully saturated rings. The van der Waals surface area contributed by atoms with Gasteiger partial charge in [0.15, 0.2) is 0 Å². The Morgan fingerprint density at radius 3 is 2.07 bits per heavy atom. The lowest BCUT2D eigenvalue weighted by Gasteiger charge is -2.27. The van der Waals surface area contributed by atoms with E-state index in [0.29, 0.717) is 25.9 Å². The number of aryl methyl sites for hydroxylation is 2. The van der Waals surface area contributed by atoms with Crippen LogP contribution in [0.4, 0.5) is 10.5 Å². The van der Waals surface area contributed by atoms with Gasteiger partial charge in [-0.1, -0.05) is 6.07 Å². The maximum absolute atomic E-state index is 13.0. The second kappa shape index (κ2) is 7.89. The molecule has 1 saturated heterocycles. The lowest BCUT2D eigenvalue weighted by atomic mass is 10.1. The SMILES string of the molecule is COc1c(Br)cc(/C=C2\C(=O)NC(=O)N(c3cc(C)cc(C)c3)C2=O)cc1Br. The van der Waals surface area contributed by atoms with Crippen molar-refractivity contribution in [3.63, 3.8) is 0 Å². The molecule has 0 aliphatic carbocycles. The Hall–Kier alpha value is -2.45. The Balaban J connectivity index is 2.06. The Morgan fingerprint density at radius 1 is 0.964 bits per heavy atom. The molecule has 1 heterocycles. The third kappa shape index (κ3) is 3.88. The summed E-state index contributed by atoms with van der Waals surface area (Å²) in [5.74, 6) is -0.825. The Bertz CT molecular complexity index is 1000. The molecule has 0 atom stereocenters. The predicted molar refractivity (Wildman–Crippen MR) is 113 cm³/mol. The van der Waals surface area contributed by atoms with E-state index in [1.165, 1.54) is 13.2 Å². The molecule has 144 valence electrons. The number of rotatable bonds is 3. The fraction of sp³-hybridized carbons (Fsp3) is 0.150. The first kappa shape index (κ1) is 20.3. The van der Waals surface area contributed by atoms with E-state index in [-0.39, 0.29) is 5.57 Å². The first-order valence-electron chi connectivity index (χ1n) is 8.24. The van der Waals surface area contributed by atoms with E-state index in [1.807, 2.05) is 19.9 Å². The summed E-state index contributed by atoms with van der Waals surface area (Å²) >= 11 is 6.79. The van der Waals surface area contributed by atoms with E-state index in [4.69, 9.17) is 4.74 Å². The smallest absolute Gasteiger partial charge is 0.335 e. The fourth-order valence-electron chi connectivity index (χ4n) is 3.00. The largest absolute Gasteiger partial charge is 0.494 e. The van der Waals surface area contributed by atoms with E-state index in [0.717, 1.165) is 16.0 Å². The summed E-state index contributed by atoms with van der Waals surface area (Å²) < 4.78 is 6.57. The van der Waals surface area contributed by atoms with Gasteiger partial charge in [-0.3, -0.25) is 14.9 Å². The number of carbonyl (C=O) groups is 3. The van der Waals surface area contributed by atoms with Crippen molar-refractivity contribution in [2.24, 2.45) is 0 Å². The van der Waals surface area contributed by atoms with Gasteiger partial charge in [0.05, 0.1) is 21.7 Å². The quantitative estimate of drug-likeness (QED) is 0.490. The number of nitrogens with one attached hydrogen (secondary N) is 1. The summed E-state index contributed by atoms with van der Waals surface area (Å²) in [6.07, 6.45) is 1.44. The van der Waals surface area contributed by atoms with Gasteiger partial charge in [-0.25, -0.2) is 9.69 Å². The maximum Gasteiger partial charge on any atom is 0.335 e. The monoisotopic (exact) mass is 506 g/mol. The highest BCUT2D eigenvalue weighted by Gasteiger charge is 2.37. The number of urea groups is 1. The van der Waals surface area contributed by atoms with Crippen LogP contribution in [-0.2, 0) is 9.59 Å². The maximum atomic E-state index is 13.0. The topological polar surface area (TPSA) is 75.7 Å². The van der Waals surface area contributed by atoms with Crippen molar-refractivity contribution in [2.75, 3.05) is 12.0 Å². The van der Waals surface area contributed by atoms with E-state index >= 15 is 0 Å². The van der Waals surface area contributed by atoms with Gasteiger partial charge in [0.1, 0.15) is 11.3 Å². The van der Waals surface area contributed by atoms with Crippen LogP contribution in [0.15, 0.2) is 44.9 Å². The van der Waals surface area contributed by atoms with Gasteiger partial charge in [-0.15, -0.1) is 0 Å². The van der Waals surface area contributed by atoms with Crippen LogP contribution in [-0.4, -0.2) is 25.0 Å². The van der Waals surface area contributed by atoms with E-state index in [9.17, 15) is 14.4 Å². The molecule has 6 nitrogen and oxygen atoms in total. The number of carbonyl (C=O) groups excluding carboxylic acids is 3. The Kier molecular flexibility index (Phi) is 5.71. The molecule has 1 aliphatic heterocycles. The number of anilines is 1. The number of ether oxygens (including phenoxy) is 1. The zero-order chi connectivity index (χ0) is 20.6. The molecule has 8 heteroatoms. The van der Waals surface area contributed by atoms with Crippen LogP contribution in [0.2, 0.25) is 0 Å². The molecule has 2 aromatic carbocycles. The second-order valence-electron chi connectivity index (χ2n) is 6.32. The number of benzene rings is 2. The Morgan fingerprint density at radius 2 is 1.54 bits per heavy atom. The highest BCUT2D eigenvalue weighted by Crippen LogP contribution is 2.35. The number of amides is 4. The summed E-state index contributed by atoms with van der Waals surface area (Å²) in [4.78, 5) is 38.6. The van der Waals surface area contributed by atoms with Crippen molar-refractivity contribution in [2.45, 2.75) is 13.8 Å². The van der Waals surface area contributed by atoms with Gasteiger partial charge in [-0.2, -0.15) is 0 Å². The molecule has 0 saturated carbocycles. The van der Waals surface area contributed by atoms with Crippen molar-refractivity contribution < 1.29 is 19.1 Å². The highest BCUT2D eigenvalue weighted by molar-refractivity contribution is 9.11. The zero-order valence-electron chi connectivity index (χ0n) is 15.3. The van der Waals surface area contributed by atoms with Gasteiger partial charge in [0.2, 0.25) is 0 Å². The summed E-state index contributed by atoms with van der Waals surface area (Å²) in [6.45, 7) is 3.74. The molecule has 28 heavy (non-hydrogen) atoms. The molecule has 1 aliphatic rings. The van der Waals surface area contributed by atoms with Gasteiger partial charge < -0.3 is 4.74 Å². The van der Waals surface area contributed by atoms with Gasteiger partial charge >= 0.3 is 6.03 Å². The summed E-state index contributed by atoms with van der Waals surface area (Å²) in [5, 5.41) is 2.23. The van der Waals surface area contributed by atoms with Crippen molar-refractivity contribution in [1.82, 2.24) is 5.32 Å². The molecule has 1 N–H and O–H groups in total. The number of barbiturate groups is 1. The van der Waals surface area contributed by atoms with Gasteiger partial charge in [0, 0.05) is 0 Å². The van der Waals surface area contributed by atoms with Crippen molar-refractivity contribution in [3.8, 4) is 5.75 Å². The van der Waals surface area contributed by atoms with Crippen molar-refractivity contribution >= 4 is 61.5 Å². The minimum Gasteiger partial charge on any atom is -0.494 e. The molecule has 3 rings (SSSR count). The summed E-state index contributed by atoms with van der Waals surface area (Å²) in [6, 6.07) is 8.04. The van der Waals surface area contributed by atoms with Crippen LogP contribution in [0.25, 0.3) is 6.08 Å². The molecule has 0 aromatic heterocycles. The number of hydrogen-bond acceptors (Lipinski definition) is 4. The minimum atomic E-state index is -0.769. The molecule has 4 amide bonds. The number of hydrogen-bond donors (Lipinski definition) is 1. The highest BCUT2D eigenvalue weighted by atomic mass is 79.9. The third-order valence-electron chi connectivity index (χ3n) is 4.10. The van der Waals surface area contributed by atoms with Crippen molar-refractivity contribution in [3.05, 3.63) is 61.5 Å². The van der Waals surface area contributed by atoms with E-state index in [1.54, 1.807) is 24.3 Å². The molecule has 2 aromatic rings. The second-order valence-corrected chi connectivity index (χ2v) is 8.03. The standard InChI is InChI=1S/C20H16Br2N2O4/c1-10-4-11(2)6-13(5-10)24-19(26)14(18(25)23-20(24)27)7-12-8-15(21)17(28-3)16(22)9-12/h4-9H,1-3H3,(H,23,25,27)/b14-7+. The number of halogens is 2. The molecule has 0 unspecified atom stereocenters. The fourth-order valence-corrected chi connectivity index (χ4v) is 4.54. The average Bonchev–Trinajstić information content (AvgIpc) is 2.57. The van der Waals surface area contributed by atoms with E-state index in [2.05, 4.69) is 37.2 Å². The van der Waals surface area contributed by atoms with Crippen LogP contribution in [0.3, 0.4) is 0 Å². The third-order valence-corrected chi connectivity index (χ3v) is 5.28. The van der Waals surface area contributed by atoms with Crippen LogP contribution in [0.5, 0.6) is 5.75 Å². The Labute approximate surface area is 178 Å². The van der Waals surface area contributed by atoms with Crippen LogP contribution < -0.4 is 15.0 Å². The van der Waals surface area contributed by atoms with Crippen LogP contribution in [0, 0.1) is 13.8 Å². The molecular weight excluding hydrogens is 492 g/mol. The zero-order valence-corrected chi connectivity index (χ0v) is 18.5. The van der Waals surface area contributed by atoms with Crippen molar-refractivity contribution in [1.29, 1.82) is 0 Å². The number of nitrogens with zero attached hydrogens (tertiary/aromatic N) is 1. The van der Waals surface area contributed by atoms with Crippen LogP contribution >= 0.6 is 31.9 Å². The lowest BCUT2D eigenvalue weighted by molar-refractivity contribution is -0.122. The molecule has 0 spiro atoms. The summed E-state index contributed by atoms with van der Waals surface area (Å²) in [7, 11) is 1.54. The number of imide groups is 2. The predicted octanol–water partition coefficient (Wildman–Crippen LogP) is 4.50. The number of methoxy groups -OCH3 is 1. The first-order valence-corrected chi connectivity index (χ1v) is 9.82. The average molecular weight is 508 g/mol. The molecule has 0 radical (unpaired) electrons. The molecule has 0 bridgehead atoms. The van der Waals surface area contributed by atoms with Gasteiger partial charge in [-0.05, 0) is 92.7 Å². The van der Waals surface area contributed by atoms with E-state index < -0.39 is 17.8 Å². The normalized spacial score (nSPS) is 15.8.